The third-order valence-electron chi connectivity index (χ3n) is 4.11. The van der Waals surface area contributed by atoms with Gasteiger partial charge in [-0.3, -0.25) is 4.79 Å². The van der Waals surface area contributed by atoms with Crippen LogP contribution in [0, 0.1) is 25.2 Å². The lowest BCUT2D eigenvalue weighted by atomic mass is 9.72. The van der Waals surface area contributed by atoms with Crippen molar-refractivity contribution in [3.63, 3.8) is 0 Å². The van der Waals surface area contributed by atoms with Crippen LogP contribution in [-0.2, 0) is 0 Å². The zero-order valence-electron chi connectivity index (χ0n) is 13.8. The first-order chi connectivity index (χ1) is 9.77. The number of amides is 1. The molecule has 21 heavy (non-hydrogen) atoms. The molecule has 0 aliphatic heterocycles. The molecule has 1 atom stereocenters. The van der Waals surface area contributed by atoms with Crippen LogP contribution < -0.4 is 5.43 Å². The second-order valence-electron chi connectivity index (χ2n) is 7.29. The SMILES string of the molecule is Cc1ccc(C(=O)N/N=C2/C[C@@H](C)CC(C)(C)C2)c(C)c1. The minimum atomic E-state index is -0.115. The van der Waals surface area contributed by atoms with Gasteiger partial charge < -0.3 is 0 Å². The minimum Gasteiger partial charge on any atom is -0.267 e. The molecule has 1 N–H and O–H groups in total. The molecule has 0 spiro atoms. The van der Waals surface area contributed by atoms with Gasteiger partial charge >= 0.3 is 0 Å². The Hall–Kier alpha value is -1.64. The van der Waals surface area contributed by atoms with Gasteiger partial charge in [-0.1, -0.05) is 38.5 Å². The predicted molar refractivity (Wildman–Crippen MR) is 87.6 cm³/mol. The zero-order chi connectivity index (χ0) is 15.6. The Kier molecular flexibility index (Phi) is 4.50. The highest BCUT2D eigenvalue weighted by atomic mass is 16.2. The Labute approximate surface area is 127 Å². The van der Waals surface area contributed by atoms with Crippen molar-refractivity contribution in [1.29, 1.82) is 0 Å². The molecule has 0 heterocycles. The van der Waals surface area contributed by atoms with Crippen LogP contribution >= 0.6 is 0 Å². The molecule has 3 heteroatoms. The summed E-state index contributed by atoms with van der Waals surface area (Å²) in [4.78, 5) is 12.2. The maximum absolute atomic E-state index is 12.2. The second kappa shape index (κ2) is 6.00. The van der Waals surface area contributed by atoms with E-state index in [-0.39, 0.29) is 11.3 Å². The molecule has 1 aliphatic carbocycles. The maximum atomic E-state index is 12.2. The van der Waals surface area contributed by atoms with Crippen LogP contribution in [0.2, 0.25) is 0 Å². The van der Waals surface area contributed by atoms with Crippen molar-refractivity contribution in [3.8, 4) is 0 Å². The molecule has 1 aromatic rings. The van der Waals surface area contributed by atoms with E-state index in [1.54, 1.807) is 0 Å². The first kappa shape index (κ1) is 15.7. The average Bonchev–Trinajstić information content (AvgIpc) is 2.33. The van der Waals surface area contributed by atoms with Gasteiger partial charge in [0.25, 0.3) is 5.91 Å². The summed E-state index contributed by atoms with van der Waals surface area (Å²) < 4.78 is 0. The summed E-state index contributed by atoms with van der Waals surface area (Å²) in [6.07, 6.45) is 3.16. The molecule has 0 aromatic heterocycles. The fourth-order valence-electron chi connectivity index (χ4n) is 3.46. The van der Waals surface area contributed by atoms with Crippen LogP contribution in [-0.4, -0.2) is 11.6 Å². The summed E-state index contributed by atoms with van der Waals surface area (Å²) >= 11 is 0. The largest absolute Gasteiger partial charge is 0.271 e. The van der Waals surface area contributed by atoms with E-state index in [1.807, 2.05) is 32.0 Å². The number of hydrogen-bond donors (Lipinski definition) is 1. The number of aryl methyl sites for hydroxylation is 2. The Morgan fingerprint density at radius 3 is 2.67 bits per heavy atom. The number of benzene rings is 1. The van der Waals surface area contributed by atoms with Gasteiger partial charge in [0.2, 0.25) is 0 Å². The van der Waals surface area contributed by atoms with Gasteiger partial charge in [0, 0.05) is 11.3 Å². The fourth-order valence-corrected chi connectivity index (χ4v) is 3.46. The van der Waals surface area contributed by atoms with Crippen molar-refractivity contribution >= 4 is 11.6 Å². The van der Waals surface area contributed by atoms with Crippen LogP contribution in [0.3, 0.4) is 0 Å². The van der Waals surface area contributed by atoms with E-state index < -0.39 is 0 Å². The number of carbonyl (C=O) groups is 1. The molecule has 3 nitrogen and oxygen atoms in total. The maximum Gasteiger partial charge on any atom is 0.271 e. The molecular weight excluding hydrogens is 260 g/mol. The molecule has 0 saturated heterocycles. The zero-order valence-corrected chi connectivity index (χ0v) is 13.8. The van der Waals surface area contributed by atoms with Crippen LogP contribution in [0.5, 0.6) is 0 Å². The summed E-state index contributed by atoms with van der Waals surface area (Å²) in [5.74, 6) is 0.515. The van der Waals surface area contributed by atoms with Crippen molar-refractivity contribution in [2.24, 2.45) is 16.4 Å². The second-order valence-corrected chi connectivity index (χ2v) is 7.29. The lowest BCUT2D eigenvalue weighted by molar-refractivity contribution is 0.0953. The molecule has 114 valence electrons. The van der Waals surface area contributed by atoms with Gasteiger partial charge in [-0.15, -0.1) is 0 Å². The van der Waals surface area contributed by atoms with Crippen molar-refractivity contribution in [1.82, 2.24) is 5.43 Å². The van der Waals surface area contributed by atoms with Crippen molar-refractivity contribution in [2.45, 2.75) is 53.9 Å². The Balaban J connectivity index is 2.08. The number of nitrogens with zero attached hydrogens (tertiary/aromatic N) is 1. The summed E-state index contributed by atoms with van der Waals surface area (Å²) in [5, 5.41) is 4.39. The van der Waals surface area contributed by atoms with E-state index in [0.29, 0.717) is 11.5 Å². The molecule has 1 amide bonds. The molecule has 2 rings (SSSR count). The first-order valence-corrected chi connectivity index (χ1v) is 7.70. The molecule has 1 aliphatic rings. The number of carbonyl (C=O) groups excluding carboxylic acids is 1. The Bertz CT molecular complexity index is 573. The van der Waals surface area contributed by atoms with E-state index >= 15 is 0 Å². The van der Waals surface area contributed by atoms with E-state index in [9.17, 15) is 4.79 Å². The van der Waals surface area contributed by atoms with Gasteiger partial charge in [-0.2, -0.15) is 5.10 Å². The van der Waals surface area contributed by atoms with Gasteiger partial charge in [-0.25, -0.2) is 5.43 Å². The van der Waals surface area contributed by atoms with Crippen molar-refractivity contribution in [2.75, 3.05) is 0 Å². The molecule has 0 bridgehead atoms. The Morgan fingerprint density at radius 1 is 1.33 bits per heavy atom. The van der Waals surface area contributed by atoms with Crippen LogP contribution in [0.25, 0.3) is 0 Å². The predicted octanol–water partition coefficient (Wildman–Crippen LogP) is 4.24. The number of nitrogens with one attached hydrogen (secondary N) is 1. The van der Waals surface area contributed by atoms with Crippen molar-refractivity contribution < 1.29 is 4.79 Å². The average molecular weight is 286 g/mol. The molecule has 0 unspecified atom stereocenters. The van der Waals surface area contributed by atoms with Gasteiger partial charge in [0.15, 0.2) is 0 Å². The molecule has 0 radical (unpaired) electrons. The van der Waals surface area contributed by atoms with Crippen LogP contribution in [0.1, 0.15) is 61.5 Å². The van der Waals surface area contributed by atoms with E-state index in [1.165, 1.54) is 12.0 Å². The molecular formula is C18H26N2O. The Morgan fingerprint density at radius 2 is 2.05 bits per heavy atom. The number of hydrogen-bond acceptors (Lipinski definition) is 2. The lowest BCUT2D eigenvalue weighted by Gasteiger charge is -2.34. The fraction of sp³-hybridized carbons (Fsp3) is 0.556. The van der Waals surface area contributed by atoms with Gasteiger partial charge in [0.1, 0.15) is 0 Å². The minimum absolute atomic E-state index is 0.115. The summed E-state index contributed by atoms with van der Waals surface area (Å²) in [7, 11) is 0. The monoisotopic (exact) mass is 286 g/mol. The number of rotatable bonds is 2. The smallest absolute Gasteiger partial charge is 0.267 e. The third-order valence-corrected chi connectivity index (χ3v) is 4.11. The molecule has 1 fully saturated rings. The van der Waals surface area contributed by atoms with Crippen molar-refractivity contribution in [3.05, 3.63) is 34.9 Å². The molecule has 1 saturated carbocycles. The normalized spacial score (nSPS) is 23.1. The highest BCUT2D eigenvalue weighted by molar-refractivity contribution is 5.97. The molecule has 1 aromatic carbocycles. The first-order valence-electron chi connectivity index (χ1n) is 7.70. The van der Waals surface area contributed by atoms with Gasteiger partial charge in [-0.05, 0) is 56.1 Å². The van der Waals surface area contributed by atoms with Gasteiger partial charge in [0.05, 0.1) is 0 Å². The van der Waals surface area contributed by atoms with Crippen LogP contribution in [0.4, 0.5) is 0 Å². The third kappa shape index (κ3) is 4.16. The quantitative estimate of drug-likeness (QED) is 0.812. The van der Waals surface area contributed by atoms with E-state index in [0.717, 1.165) is 24.1 Å². The topological polar surface area (TPSA) is 41.5 Å². The summed E-state index contributed by atoms with van der Waals surface area (Å²) in [6, 6.07) is 5.85. The highest BCUT2D eigenvalue weighted by Gasteiger charge is 2.29. The number of hydrazone groups is 1. The van der Waals surface area contributed by atoms with Crippen LogP contribution in [0.15, 0.2) is 23.3 Å². The van der Waals surface area contributed by atoms with E-state index in [4.69, 9.17) is 0 Å². The van der Waals surface area contributed by atoms with E-state index in [2.05, 4.69) is 31.3 Å². The highest BCUT2D eigenvalue weighted by Crippen LogP contribution is 2.36. The summed E-state index contributed by atoms with van der Waals surface area (Å²) in [6.45, 7) is 10.8. The lowest BCUT2D eigenvalue weighted by Crippen LogP contribution is -2.30. The summed E-state index contributed by atoms with van der Waals surface area (Å²) in [5.41, 5.74) is 6.98. The standard InChI is InChI=1S/C18H26N2O/c1-12-6-7-16(14(3)8-12)17(21)20-19-15-9-13(2)10-18(4,5)11-15/h6-8,13H,9-11H2,1-5H3,(H,20,21)/b19-15-/t13-/m1/s1.